The molecule has 0 aliphatic carbocycles. The number of hydrogen-bond acceptors (Lipinski definition) is 5. The van der Waals surface area contributed by atoms with Gasteiger partial charge in [-0.3, -0.25) is 0 Å². The molecule has 2 aromatic rings. The number of halogens is 1. The van der Waals surface area contributed by atoms with Crippen molar-refractivity contribution >= 4 is 5.82 Å². The van der Waals surface area contributed by atoms with E-state index in [-0.39, 0.29) is 11.7 Å². The molecule has 0 saturated carbocycles. The van der Waals surface area contributed by atoms with Crippen molar-refractivity contribution in [3.63, 3.8) is 0 Å². The number of anilines is 1. The molecule has 5 nitrogen and oxygen atoms in total. The Kier molecular flexibility index (Phi) is 4.52. The van der Waals surface area contributed by atoms with Crippen LogP contribution < -0.4 is 5.32 Å². The Morgan fingerprint density at radius 1 is 1.26 bits per heavy atom. The number of benzene rings is 1. The van der Waals surface area contributed by atoms with Gasteiger partial charge in [-0.05, 0) is 44.6 Å². The Bertz CT molecular complexity index is 673. The minimum atomic E-state index is -0.235. The molecule has 0 spiro atoms. The molecule has 1 aliphatic heterocycles. The first-order valence-corrected chi connectivity index (χ1v) is 7.94. The normalized spacial score (nSPS) is 19.7. The topological polar surface area (TPSA) is 53.9 Å². The molecule has 1 aliphatic rings. The molecular formula is C17H22FN5. The second-order valence-corrected chi connectivity index (χ2v) is 6.26. The van der Waals surface area contributed by atoms with E-state index in [9.17, 15) is 4.39 Å². The SMILES string of the molecule is Cc1nnc(C(C)c2ccc(F)cc2)c(N[C@H]2CCN(C)C2)n1. The highest BCUT2D eigenvalue weighted by molar-refractivity contribution is 5.46. The first kappa shape index (κ1) is 15.8. The van der Waals surface area contributed by atoms with Gasteiger partial charge in [0.2, 0.25) is 0 Å². The number of nitrogens with zero attached hydrogens (tertiary/aromatic N) is 4. The lowest BCUT2D eigenvalue weighted by Gasteiger charge is -2.19. The smallest absolute Gasteiger partial charge is 0.152 e. The number of rotatable bonds is 4. The summed E-state index contributed by atoms with van der Waals surface area (Å²) in [6, 6.07) is 6.89. The first-order valence-electron chi connectivity index (χ1n) is 7.94. The lowest BCUT2D eigenvalue weighted by molar-refractivity contribution is 0.414. The maximum absolute atomic E-state index is 13.1. The Hall–Kier alpha value is -2.08. The number of likely N-dealkylation sites (tertiary alicyclic amines) is 1. The monoisotopic (exact) mass is 315 g/mol. The van der Waals surface area contributed by atoms with Crippen molar-refractivity contribution < 1.29 is 4.39 Å². The van der Waals surface area contributed by atoms with E-state index in [2.05, 4.69) is 32.4 Å². The maximum Gasteiger partial charge on any atom is 0.152 e. The summed E-state index contributed by atoms with van der Waals surface area (Å²) in [6.07, 6.45) is 1.09. The predicted molar refractivity (Wildman–Crippen MR) is 88.0 cm³/mol. The zero-order chi connectivity index (χ0) is 16.4. The van der Waals surface area contributed by atoms with Gasteiger partial charge in [-0.25, -0.2) is 9.37 Å². The molecule has 1 saturated heterocycles. The summed E-state index contributed by atoms with van der Waals surface area (Å²) in [5.41, 5.74) is 1.80. The lowest BCUT2D eigenvalue weighted by Crippen LogP contribution is -2.25. The molecule has 1 N–H and O–H groups in total. The van der Waals surface area contributed by atoms with Crippen LogP contribution in [0.15, 0.2) is 24.3 Å². The molecule has 0 bridgehead atoms. The van der Waals surface area contributed by atoms with E-state index in [0.29, 0.717) is 11.9 Å². The van der Waals surface area contributed by atoms with Gasteiger partial charge in [0.05, 0.1) is 0 Å². The van der Waals surface area contributed by atoms with Gasteiger partial charge >= 0.3 is 0 Å². The van der Waals surface area contributed by atoms with Crippen molar-refractivity contribution in [1.82, 2.24) is 20.1 Å². The van der Waals surface area contributed by atoms with Crippen molar-refractivity contribution in [2.24, 2.45) is 0 Å². The number of aryl methyl sites for hydroxylation is 1. The highest BCUT2D eigenvalue weighted by Gasteiger charge is 2.23. The lowest BCUT2D eigenvalue weighted by atomic mass is 9.97. The molecule has 2 heterocycles. The fraction of sp³-hybridized carbons (Fsp3) is 0.471. The molecule has 3 rings (SSSR count). The molecule has 0 amide bonds. The summed E-state index contributed by atoms with van der Waals surface area (Å²) in [4.78, 5) is 6.84. The fourth-order valence-corrected chi connectivity index (χ4v) is 2.97. The highest BCUT2D eigenvalue weighted by atomic mass is 19.1. The highest BCUT2D eigenvalue weighted by Crippen LogP contribution is 2.28. The van der Waals surface area contributed by atoms with Crippen LogP contribution in [0.5, 0.6) is 0 Å². The number of hydrogen-bond donors (Lipinski definition) is 1. The van der Waals surface area contributed by atoms with Crippen molar-refractivity contribution in [2.45, 2.75) is 32.2 Å². The van der Waals surface area contributed by atoms with Crippen LogP contribution >= 0.6 is 0 Å². The largest absolute Gasteiger partial charge is 0.364 e. The minimum Gasteiger partial charge on any atom is -0.364 e. The van der Waals surface area contributed by atoms with Crippen molar-refractivity contribution in [3.8, 4) is 0 Å². The Morgan fingerprint density at radius 3 is 2.65 bits per heavy atom. The molecule has 122 valence electrons. The van der Waals surface area contributed by atoms with Crippen LogP contribution in [-0.2, 0) is 0 Å². The number of nitrogens with one attached hydrogen (secondary N) is 1. The van der Waals surface area contributed by atoms with Crippen LogP contribution in [0.1, 0.15) is 36.3 Å². The van der Waals surface area contributed by atoms with Gasteiger partial charge in [0.1, 0.15) is 17.3 Å². The van der Waals surface area contributed by atoms with Gasteiger partial charge in [0.15, 0.2) is 5.82 Å². The van der Waals surface area contributed by atoms with Crippen molar-refractivity contribution in [2.75, 3.05) is 25.5 Å². The summed E-state index contributed by atoms with van der Waals surface area (Å²) < 4.78 is 13.1. The zero-order valence-electron chi connectivity index (χ0n) is 13.8. The third-order valence-electron chi connectivity index (χ3n) is 4.33. The van der Waals surface area contributed by atoms with E-state index in [0.717, 1.165) is 36.6 Å². The molecule has 2 atom stereocenters. The van der Waals surface area contributed by atoms with Crippen LogP contribution in [0.4, 0.5) is 10.2 Å². The number of aromatic nitrogens is 3. The second kappa shape index (κ2) is 6.58. The summed E-state index contributed by atoms with van der Waals surface area (Å²) in [5.74, 6) is 1.20. The van der Waals surface area contributed by atoms with Crippen LogP contribution in [0, 0.1) is 12.7 Å². The van der Waals surface area contributed by atoms with Crippen molar-refractivity contribution in [3.05, 3.63) is 47.2 Å². The molecule has 6 heteroatoms. The molecule has 1 aromatic heterocycles. The fourth-order valence-electron chi connectivity index (χ4n) is 2.97. The van der Waals surface area contributed by atoms with Gasteiger partial charge in [-0.1, -0.05) is 19.1 Å². The summed E-state index contributed by atoms with van der Waals surface area (Å²) in [7, 11) is 2.12. The Morgan fingerprint density at radius 2 is 2.00 bits per heavy atom. The average molecular weight is 315 g/mol. The molecule has 0 radical (unpaired) electrons. The maximum atomic E-state index is 13.1. The minimum absolute atomic E-state index is 0.00201. The average Bonchev–Trinajstić information content (AvgIpc) is 2.93. The van der Waals surface area contributed by atoms with Gasteiger partial charge < -0.3 is 10.2 Å². The summed E-state index contributed by atoms with van der Waals surface area (Å²) >= 11 is 0. The van der Waals surface area contributed by atoms with E-state index in [1.54, 1.807) is 12.1 Å². The van der Waals surface area contributed by atoms with E-state index >= 15 is 0 Å². The van der Waals surface area contributed by atoms with E-state index in [1.165, 1.54) is 12.1 Å². The van der Waals surface area contributed by atoms with Crippen LogP contribution in [0.2, 0.25) is 0 Å². The molecular weight excluding hydrogens is 293 g/mol. The Balaban J connectivity index is 1.87. The van der Waals surface area contributed by atoms with E-state index in [4.69, 9.17) is 0 Å². The van der Waals surface area contributed by atoms with E-state index < -0.39 is 0 Å². The molecule has 1 unspecified atom stereocenters. The first-order chi connectivity index (χ1) is 11.0. The standard InChI is InChI=1S/C17H22FN5/c1-11(13-4-6-14(18)7-5-13)16-17(19-12(2)21-22-16)20-15-8-9-23(3)10-15/h4-7,11,15H,8-10H2,1-3H3,(H,19,20,21)/t11?,15-/m0/s1. The van der Waals surface area contributed by atoms with Crippen LogP contribution in [0.25, 0.3) is 0 Å². The van der Waals surface area contributed by atoms with Crippen molar-refractivity contribution in [1.29, 1.82) is 0 Å². The van der Waals surface area contributed by atoms with Gasteiger partial charge in [0.25, 0.3) is 0 Å². The van der Waals surface area contributed by atoms with Crippen LogP contribution in [-0.4, -0.2) is 46.3 Å². The Labute approximate surface area is 136 Å². The third kappa shape index (κ3) is 3.64. The van der Waals surface area contributed by atoms with Crippen LogP contribution in [0.3, 0.4) is 0 Å². The molecule has 1 fully saturated rings. The van der Waals surface area contributed by atoms with Gasteiger partial charge in [-0.15, -0.1) is 10.2 Å². The number of likely N-dealkylation sites (N-methyl/N-ethyl adjacent to an activating group) is 1. The quantitative estimate of drug-likeness (QED) is 0.940. The zero-order valence-corrected chi connectivity index (χ0v) is 13.8. The van der Waals surface area contributed by atoms with Gasteiger partial charge in [0, 0.05) is 18.5 Å². The van der Waals surface area contributed by atoms with Gasteiger partial charge in [-0.2, -0.15) is 0 Å². The summed E-state index contributed by atoms with van der Waals surface area (Å²) in [6.45, 7) is 5.96. The third-order valence-corrected chi connectivity index (χ3v) is 4.33. The molecule has 1 aromatic carbocycles. The second-order valence-electron chi connectivity index (χ2n) is 6.26. The predicted octanol–water partition coefficient (Wildman–Crippen LogP) is 2.59. The molecule has 23 heavy (non-hydrogen) atoms. The van der Waals surface area contributed by atoms with E-state index in [1.807, 2.05) is 13.8 Å². The summed E-state index contributed by atoms with van der Waals surface area (Å²) in [5, 5.41) is 12.0.